The molecule has 2 aromatic rings. The summed E-state index contributed by atoms with van der Waals surface area (Å²) in [5, 5.41) is 9.41. The number of ether oxygens (including phenoxy) is 2. The maximum atomic E-state index is 14.0. The average molecular weight is 415 g/mol. The number of hydrogen-bond donors (Lipinski definition) is 0. The molecule has 0 aromatic heterocycles. The van der Waals surface area contributed by atoms with E-state index in [1.54, 1.807) is 4.90 Å². The summed E-state index contributed by atoms with van der Waals surface area (Å²) in [5.41, 5.74) is 2.50. The van der Waals surface area contributed by atoms with E-state index in [4.69, 9.17) is 9.47 Å². The fourth-order valence-electron chi connectivity index (χ4n) is 6.14. The second kappa shape index (κ2) is 6.03. The summed E-state index contributed by atoms with van der Waals surface area (Å²) in [6, 6.07) is 14.2. The smallest absolute Gasteiger partial charge is 0.243 e. The van der Waals surface area contributed by atoms with Gasteiger partial charge in [-0.15, -0.1) is 0 Å². The lowest BCUT2D eigenvalue weighted by Gasteiger charge is -2.47. The van der Waals surface area contributed by atoms with Crippen molar-refractivity contribution in [3.63, 3.8) is 0 Å². The predicted molar refractivity (Wildman–Crippen MR) is 116 cm³/mol. The van der Waals surface area contributed by atoms with Crippen molar-refractivity contribution in [1.29, 1.82) is 5.26 Å². The average Bonchev–Trinajstić information content (AvgIpc) is 2.94. The number of anilines is 1. The molecule has 2 aromatic carbocycles. The SMILES string of the molecule is CC1(C)CC2(C(=O)N(CC#N)c3ccccc32)c2cc3c(cc2O1)OC1(CCC1)CC3. The first-order valence-electron chi connectivity index (χ1n) is 11.2. The summed E-state index contributed by atoms with van der Waals surface area (Å²) < 4.78 is 12.9. The van der Waals surface area contributed by atoms with E-state index in [-0.39, 0.29) is 18.1 Å². The molecule has 3 heterocycles. The molecule has 0 saturated heterocycles. The van der Waals surface area contributed by atoms with Gasteiger partial charge < -0.3 is 9.47 Å². The van der Waals surface area contributed by atoms with Gasteiger partial charge in [0.2, 0.25) is 5.91 Å². The van der Waals surface area contributed by atoms with Gasteiger partial charge in [0.25, 0.3) is 0 Å². The second-order valence-corrected chi connectivity index (χ2v) is 10.1. The number of para-hydroxylation sites is 1. The van der Waals surface area contributed by atoms with Crippen LogP contribution in [0.3, 0.4) is 0 Å². The first kappa shape index (κ1) is 18.7. The van der Waals surface area contributed by atoms with E-state index < -0.39 is 11.0 Å². The summed E-state index contributed by atoms with van der Waals surface area (Å²) in [5.74, 6) is 1.61. The molecule has 0 bridgehead atoms. The normalized spacial score (nSPS) is 26.2. The lowest BCUT2D eigenvalue weighted by Crippen LogP contribution is -2.51. The molecular weight excluding hydrogens is 388 g/mol. The van der Waals surface area contributed by atoms with Crippen LogP contribution in [0.4, 0.5) is 5.69 Å². The van der Waals surface area contributed by atoms with Gasteiger partial charge in [0.15, 0.2) is 0 Å². The zero-order chi connectivity index (χ0) is 21.4. The van der Waals surface area contributed by atoms with Crippen LogP contribution in [0, 0.1) is 11.3 Å². The summed E-state index contributed by atoms with van der Waals surface area (Å²) in [6.45, 7) is 4.12. The molecule has 1 saturated carbocycles. The minimum atomic E-state index is -0.842. The van der Waals surface area contributed by atoms with Crippen molar-refractivity contribution in [1.82, 2.24) is 0 Å². The number of carbonyl (C=O) groups excluding carboxylic acids is 1. The molecule has 6 rings (SSSR count). The quantitative estimate of drug-likeness (QED) is 0.637. The fraction of sp³-hybridized carbons (Fsp3) is 0.462. The Balaban J connectivity index is 1.57. The molecule has 1 unspecified atom stereocenters. The van der Waals surface area contributed by atoms with Crippen LogP contribution in [0.15, 0.2) is 36.4 Å². The van der Waals surface area contributed by atoms with E-state index in [2.05, 4.69) is 12.1 Å². The summed E-state index contributed by atoms with van der Waals surface area (Å²) in [6.07, 6.45) is 5.99. The monoisotopic (exact) mass is 414 g/mol. The first-order valence-corrected chi connectivity index (χ1v) is 11.2. The molecule has 3 aliphatic heterocycles. The molecule has 31 heavy (non-hydrogen) atoms. The van der Waals surface area contributed by atoms with Gasteiger partial charge in [-0.2, -0.15) is 5.26 Å². The van der Waals surface area contributed by atoms with Gasteiger partial charge in [0.05, 0.1) is 6.07 Å². The van der Waals surface area contributed by atoms with Crippen LogP contribution in [0.1, 0.15) is 62.6 Å². The Morgan fingerprint density at radius 3 is 2.61 bits per heavy atom. The molecule has 158 valence electrons. The summed E-state index contributed by atoms with van der Waals surface area (Å²) >= 11 is 0. The van der Waals surface area contributed by atoms with Gasteiger partial charge in [0.1, 0.15) is 34.7 Å². The van der Waals surface area contributed by atoms with Crippen molar-refractivity contribution in [3.05, 3.63) is 53.1 Å². The highest BCUT2D eigenvalue weighted by molar-refractivity contribution is 6.11. The van der Waals surface area contributed by atoms with E-state index in [1.807, 2.05) is 44.2 Å². The Morgan fingerprint density at radius 2 is 1.87 bits per heavy atom. The zero-order valence-electron chi connectivity index (χ0n) is 18.0. The molecule has 0 N–H and O–H groups in total. The lowest BCUT2D eigenvalue weighted by molar-refractivity contribution is -0.124. The molecule has 0 radical (unpaired) electrons. The van der Waals surface area contributed by atoms with Crippen molar-refractivity contribution < 1.29 is 14.3 Å². The third kappa shape index (κ3) is 2.45. The van der Waals surface area contributed by atoms with Crippen molar-refractivity contribution >= 4 is 11.6 Å². The number of rotatable bonds is 1. The highest BCUT2D eigenvalue weighted by Crippen LogP contribution is 2.57. The number of nitriles is 1. The largest absolute Gasteiger partial charge is 0.487 e. The van der Waals surface area contributed by atoms with Crippen LogP contribution >= 0.6 is 0 Å². The Kier molecular flexibility index (Phi) is 3.65. The van der Waals surface area contributed by atoms with Gasteiger partial charge in [-0.3, -0.25) is 9.69 Å². The Labute approximate surface area is 182 Å². The first-order chi connectivity index (χ1) is 14.9. The predicted octanol–water partition coefficient (Wildman–Crippen LogP) is 4.65. The third-order valence-corrected chi connectivity index (χ3v) is 7.63. The summed E-state index contributed by atoms with van der Waals surface area (Å²) in [7, 11) is 0. The standard InChI is InChI=1S/C26H26N2O3/c1-24(2)16-26(18-6-3-4-7-20(18)28(13-12-27)23(26)29)19-14-17-8-11-25(9-5-10-25)31-21(17)15-22(19)30-24/h3-4,6-7,14-15H,5,8-11,13,16H2,1-2H3. The van der Waals surface area contributed by atoms with E-state index in [0.29, 0.717) is 6.42 Å². The van der Waals surface area contributed by atoms with Crippen molar-refractivity contribution in [2.75, 3.05) is 11.4 Å². The molecular formula is C26H26N2O3. The highest BCUT2D eigenvalue weighted by Gasteiger charge is 2.58. The molecule has 1 atom stereocenters. The topological polar surface area (TPSA) is 62.6 Å². The summed E-state index contributed by atoms with van der Waals surface area (Å²) in [4.78, 5) is 15.6. The molecule has 4 aliphatic rings. The Morgan fingerprint density at radius 1 is 1.06 bits per heavy atom. The van der Waals surface area contributed by atoms with Crippen LogP contribution in [-0.2, 0) is 16.6 Å². The molecule has 1 amide bonds. The molecule has 5 nitrogen and oxygen atoms in total. The van der Waals surface area contributed by atoms with Crippen LogP contribution < -0.4 is 14.4 Å². The van der Waals surface area contributed by atoms with Gasteiger partial charge in [-0.05, 0) is 69.2 Å². The minimum Gasteiger partial charge on any atom is -0.487 e. The maximum absolute atomic E-state index is 14.0. The highest BCUT2D eigenvalue weighted by atomic mass is 16.5. The number of carbonyl (C=O) groups is 1. The van der Waals surface area contributed by atoms with Gasteiger partial charge in [-0.1, -0.05) is 18.2 Å². The van der Waals surface area contributed by atoms with Crippen molar-refractivity contribution in [2.24, 2.45) is 0 Å². The van der Waals surface area contributed by atoms with Gasteiger partial charge in [0, 0.05) is 23.7 Å². The molecule has 1 aliphatic carbocycles. The van der Waals surface area contributed by atoms with E-state index in [0.717, 1.165) is 59.6 Å². The maximum Gasteiger partial charge on any atom is 0.243 e. The third-order valence-electron chi connectivity index (χ3n) is 7.63. The van der Waals surface area contributed by atoms with Crippen LogP contribution in [0.5, 0.6) is 11.5 Å². The number of amides is 1. The van der Waals surface area contributed by atoms with Crippen LogP contribution in [0.25, 0.3) is 0 Å². The lowest BCUT2D eigenvalue weighted by atomic mass is 9.66. The van der Waals surface area contributed by atoms with Crippen molar-refractivity contribution in [3.8, 4) is 17.6 Å². The van der Waals surface area contributed by atoms with E-state index >= 15 is 0 Å². The number of benzene rings is 2. The van der Waals surface area contributed by atoms with Crippen molar-refractivity contribution in [2.45, 2.75) is 69.0 Å². The van der Waals surface area contributed by atoms with E-state index in [1.165, 1.54) is 6.42 Å². The molecule has 1 fully saturated rings. The van der Waals surface area contributed by atoms with Gasteiger partial charge >= 0.3 is 0 Å². The molecule has 2 spiro atoms. The minimum absolute atomic E-state index is 0.00246. The van der Waals surface area contributed by atoms with Gasteiger partial charge in [-0.25, -0.2) is 0 Å². The Bertz CT molecular complexity index is 1160. The zero-order valence-corrected chi connectivity index (χ0v) is 18.0. The fourth-order valence-corrected chi connectivity index (χ4v) is 6.14. The number of fused-ring (bicyclic) bond motifs is 5. The Hall–Kier alpha value is -3.00. The number of aryl methyl sites for hydroxylation is 1. The van der Waals surface area contributed by atoms with Crippen LogP contribution in [-0.4, -0.2) is 23.7 Å². The van der Waals surface area contributed by atoms with E-state index in [9.17, 15) is 10.1 Å². The number of hydrogen-bond acceptors (Lipinski definition) is 4. The number of nitrogens with zero attached hydrogens (tertiary/aromatic N) is 2. The second-order valence-electron chi connectivity index (χ2n) is 10.1. The van der Waals surface area contributed by atoms with Crippen LogP contribution in [0.2, 0.25) is 0 Å². The molecule has 5 heteroatoms.